The van der Waals surface area contributed by atoms with Crippen molar-refractivity contribution in [1.82, 2.24) is 0 Å². The molecular weight excluding hydrogens is 237 g/mol. The van der Waals surface area contributed by atoms with E-state index >= 15 is 0 Å². The molecule has 0 aliphatic carbocycles. The van der Waals surface area contributed by atoms with Crippen LogP contribution >= 0.6 is 0 Å². The molecule has 0 aliphatic heterocycles. The summed E-state index contributed by atoms with van der Waals surface area (Å²) in [4.78, 5) is 0. The van der Waals surface area contributed by atoms with Gasteiger partial charge < -0.3 is 5.73 Å². The Morgan fingerprint density at radius 1 is 0.789 bits per heavy atom. The zero-order valence-corrected chi connectivity index (χ0v) is 12.2. The van der Waals surface area contributed by atoms with Gasteiger partial charge in [0.2, 0.25) is 0 Å². The Bertz CT molecular complexity index is 628. The first-order valence-corrected chi connectivity index (χ1v) is 6.47. The quantitative estimate of drug-likeness (QED) is 0.741. The third kappa shape index (κ3) is 2.12. The molecule has 0 amide bonds. The van der Waals surface area contributed by atoms with Crippen molar-refractivity contribution in [1.29, 1.82) is 0 Å². The summed E-state index contributed by atoms with van der Waals surface area (Å²) in [5, 5.41) is 0. The van der Waals surface area contributed by atoms with Gasteiger partial charge in [0, 0.05) is 0 Å². The fourth-order valence-corrected chi connectivity index (χ4v) is 2.62. The van der Waals surface area contributed by atoms with Gasteiger partial charge in [0.1, 0.15) is 5.82 Å². The lowest BCUT2D eigenvalue weighted by Gasteiger charge is -2.19. The summed E-state index contributed by atoms with van der Waals surface area (Å²) >= 11 is 0. The Morgan fingerprint density at radius 2 is 1.26 bits per heavy atom. The maximum atomic E-state index is 13.7. The number of nitrogen functional groups attached to an aromatic ring is 1. The zero-order chi connectivity index (χ0) is 14.3. The molecule has 2 aromatic carbocycles. The second kappa shape index (κ2) is 4.69. The molecule has 0 aliphatic rings. The van der Waals surface area contributed by atoms with Gasteiger partial charge in [0.25, 0.3) is 0 Å². The van der Waals surface area contributed by atoms with Crippen LogP contribution in [0.5, 0.6) is 0 Å². The van der Waals surface area contributed by atoms with Crippen molar-refractivity contribution in [3.05, 3.63) is 51.8 Å². The summed E-state index contributed by atoms with van der Waals surface area (Å²) in [7, 11) is 0. The highest BCUT2D eigenvalue weighted by Crippen LogP contribution is 2.34. The van der Waals surface area contributed by atoms with Crippen LogP contribution in [0, 0.1) is 40.4 Å². The zero-order valence-electron chi connectivity index (χ0n) is 12.2. The Labute approximate surface area is 114 Å². The lowest BCUT2D eigenvalue weighted by atomic mass is 9.86. The molecule has 0 saturated carbocycles. The number of benzene rings is 2. The third-order valence-corrected chi connectivity index (χ3v) is 4.29. The molecule has 1 nitrogen and oxygen atoms in total. The van der Waals surface area contributed by atoms with E-state index < -0.39 is 0 Å². The predicted octanol–water partition coefficient (Wildman–Crippen LogP) is 4.62. The minimum absolute atomic E-state index is 0.194. The second-order valence-electron chi connectivity index (χ2n) is 5.24. The molecule has 0 unspecified atom stereocenters. The van der Waals surface area contributed by atoms with Gasteiger partial charge in [-0.1, -0.05) is 6.07 Å². The van der Waals surface area contributed by atoms with Crippen molar-refractivity contribution < 1.29 is 4.39 Å². The van der Waals surface area contributed by atoms with Crippen LogP contribution in [0.2, 0.25) is 0 Å². The standard InChI is InChI=1S/C17H20FN/c1-9-10(2)12(4)17(13(5)11(9)3)14-6-7-16(19)15(18)8-14/h6-8H,19H2,1-5H3. The summed E-state index contributed by atoms with van der Waals surface area (Å²) < 4.78 is 13.7. The molecule has 2 N–H and O–H groups in total. The first kappa shape index (κ1) is 13.6. The van der Waals surface area contributed by atoms with Crippen LogP contribution in [0.4, 0.5) is 10.1 Å². The van der Waals surface area contributed by atoms with E-state index in [1.807, 2.05) is 6.07 Å². The molecule has 0 atom stereocenters. The number of halogens is 1. The summed E-state index contributed by atoms with van der Waals surface area (Å²) in [6.07, 6.45) is 0. The minimum atomic E-state index is -0.354. The second-order valence-corrected chi connectivity index (χ2v) is 5.24. The van der Waals surface area contributed by atoms with Crippen molar-refractivity contribution in [2.75, 3.05) is 5.73 Å². The molecule has 0 fully saturated rings. The summed E-state index contributed by atoms with van der Waals surface area (Å²) in [5.74, 6) is -0.354. The van der Waals surface area contributed by atoms with Crippen LogP contribution < -0.4 is 5.73 Å². The summed E-state index contributed by atoms with van der Waals surface area (Å²) in [6, 6.07) is 5.05. The molecule has 19 heavy (non-hydrogen) atoms. The van der Waals surface area contributed by atoms with E-state index in [9.17, 15) is 4.39 Å². The molecule has 0 heterocycles. The molecular formula is C17H20FN. The molecule has 100 valence electrons. The predicted molar refractivity (Wildman–Crippen MR) is 79.9 cm³/mol. The topological polar surface area (TPSA) is 26.0 Å². The average molecular weight is 257 g/mol. The lowest BCUT2D eigenvalue weighted by Crippen LogP contribution is -2.00. The van der Waals surface area contributed by atoms with Crippen molar-refractivity contribution in [3.63, 3.8) is 0 Å². The Kier molecular flexibility index (Phi) is 3.36. The Morgan fingerprint density at radius 3 is 1.74 bits per heavy atom. The monoisotopic (exact) mass is 257 g/mol. The van der Waals surface area contributed by atoms with Crippen LogP contribution in [0.3, 0.4) is 0 Å². The number of hydrogen-bond acceptors (Lipinski definition) is 1. The van der Waals surface area contributed by atoms with Crippen LogP contribution in [-0.2, 0) is 0 Å². The highest BCUT2D eigenvalue weighted by Gasteiger charge is 2.14. The third-order valence-electron chi connectivity index (χ3n) is 4.29. The van der Waals surface area contributed by atoms with Gasteiger partial charge in [-0.15, -0.1) is 0 Å². The van der Waals surface area contributed by atoms with E-state index in [4.69, 9.17) is 5.73 Å². The number of nitrogens with two attached hydrogens (primary N) is 1. The van der Waals surface area contributed by atoms with Crippen LogP contribution in [0.15, 0.2) is 18.2 Å². The fraction of sp³-hybridized carbons (Fsp3) is 0.294. The molecule has 0 bridgehead atoms. The first-order chi connectivity index (χ1) is 8.84. The molecule has 2 rings (SSSR count). The average Bonchev–Trinajstić information content (AvgIpc) is 2.38. The van der Waals surface area contributed by atoms with E-state index in [0.717, 1.165) is 11.1 Å². The van der Waals surface area contributed by atoms with Crippen LogP contribution in [-0.4, -0.2) is 0 Å². The fourth-order valence-electron chi connectivity index (χ4n) is 2.62. The van der Waals surface area contributed by atoms with Crippen molar-refractivity contribution >= 4 is 5.69 Å². The van der Waals surface area contributed by atoms with E-state index in [0.29, 0.717) is 0 Å². The smallest absolute Gasteiger partial charge is 0.146 e. The van der Waals surface area contributed by atoms with Crippen LogP contribution in [0.25, 0.3) is 11.1 Å². The first-order valence-electron chi connectivity index (χ1n) is 6.47. The normalized spacial score (nSPS) is 10.8. The SMILES string of the molecule is Cc1c(C)c(C)c(-c2ccc(N)c(F)c2)c(C)c1C. The van der Waals surface area contributed by atoms with Gasteiger partial charge in [0.15, 0.2) is 0 Å². The maximum Gasteiger partial charge on any atom is 0.146 e. The van der Waals surface area contributed by atoms with Crippen molar-refractivity contribution in [2.24, 2.45) is 0 Å². The van der Waals surface area contributed by atoms with Gasteiger partial charge in [0.05, 0.1) is 5.69 Å². The van der Waals surface area contributed by atoms with E-state index in [2.05, 4.69) is 34.6 Å². The van der Waals surface area contributed by atoms with Gasteiger partial charge in [-0.2, -0.15) is 0 Å². The molecule has 0 aromatic heterocycles. The van der Waals surface area contributed by atoms with Crippen molar-refractivity contribution in [2.45, 2.75) is 34.6 Å². The Balaban J connectivity index is 2.79. The number of anilines is 1. The van der Waals surface area contributed by atoms with Crippen LogP contribution in [0.1, 0.15) is 27.8 Å². The minimum Gasteiger partial charge on any atom is -0.396 e. The highest BCUT2D eigenvalue weighted by atomic mass is 19.1. The molecule has 0 radical (unpaired) electrons. The molecule has 0 saturated heterocycles. The molecule has 2 aromatic rings. The lowest BCUT2D eigenvalue weighted by molar-refractivity contribution is 0.633. The van der Waals surface area contributed by atoms with Gasteiger partial charge in [-0.05, 0) is 85.7 Å². The number of rotatable bonds is 1. The van der Waals surface area contributed by atoms with Gasteiger partial charge in [-0.25, -0.2) is 4.39 Å². The summed E-state index contributed by atoms with van der Waals surface area (Å²) in [6.45, 7) is 10.6. The van der Waals surface area contributed by atoms with E-state index in [-0.39, 0.29) is 11.5 Å². The number of hydrogen-bond donors (Lipinski definition) is 1. The largest absolute Gasteiger partial charge is 0.396 e. The summed E-state index contributed by atoms with van der Waals surface area (Å²) in [5.41, 5.74) is 14.1. The van der Waals surface area contributed by atoms with Gasteiger partial charge >= 0.3 is 0 Å². The Hall–Kier alpha value is -1.83. The maximum absolute atomic E-state index is 13.7. The highest BCUT2D eigenvalue weighted by molar-refractivity contribution is 5.75. The van der Waals surface area contributed by atoms with Crippen molar-refractivity contribution in [3.8, 4) is 11.1 Å². The molecule has 0 spiro atoms. The van der Waals surface area contributed by atoms with Gasteiger partial charge in [-0.3, -0.25) is 0 Å². The van der Waals surface area contributed by atoms with E-state index in [1.54, 1.807) is 6.07 Å². The van der Waals surface area contributed by atoms with E-state index in [1.165, 1.54) is 33.9 Å². The molecule has 2 heteroatoms.